The van der Waals surface area contributed by atoms with Gasteiger partial charge in [0, 0.05) is 107 Å². The third-order valence-electron chi connectivity index (χ3n) is 17.8. The van der Waals surface area contributed by atoms with Gasteiger partial charge >= 0.3 is 0 Å². The summed E-state index contributed by atoms with van der Waals surface area (Å²) >= 11 is 0. The highest BCUT2D eigenvalue weighted by Gasteiger charge is 2.10. The molecule has 0 spiro atoms. The van der Waals surface area contributed by atoms with Crippen LogP contribution in [-0.4, -0.2) is 106 Å². The largest absolute Gasteiger partial charge is 0.317 e. The van der Waals surface area contributed by atoms with Crippen LogP contribution in [0.15, 0.2) is 220 Å². The molecule has 0 saturated heterocycles. The number of aryl methyl sites for hydroxylation is 7. The first-order valence-corrected chi connectivity index (χ1v) is 37.5. The summed E-state index contributed by atoms with van der Waals surface area (Å²) in [6, 6.07) is 49.7. The second kappa shape index (κ2) is 43.7. The van der Waals surface area contributed by atoms with Crippen molar-refractivity contribution in [2.75, 3.05) is 45.8 Å². The van der Waals surface area contributed by atoms with E-state index in [1.807, 2.05) is 111 Å². The van der Waals surface area contributed by atoms with Crippen LogP contribution in [0.5, 0.6) is 0 Å². The monoisotopic (exact) mass is 1410 g/mol. The van der Waals surface area contributed by atoms with Crippen molar-refractivity contribution in [3.05, 3.63) is 287 Å². The van der Waals surface area contributed by atoms with E-state index < -0.39 is 0 Å². The number of rotatable bonds is 37. The molecule has 0 aliphatic carbocycles. The number of hydrogen-bond acceptors (Lipinski definition) is 18. The summed E-state index contributed by atoms with van der Waals surface area (Å²) in [5.74, 6) is 0. The lowest BCUT2D eigenvalue weighted by molar-refractivity contribution is 0.559. The molecular formula is C88H104N18. The third-order valence-corrected chi connectivity index (χ3v) is 17.8. The molecule has 12 aromatic rings. The van der Waals surface area contributed by atoms with E-state index in [1.165, 1.54) is 105 Å². The Hall–Kier alpha value is -10.4. The van der Waals surface area contributed by atoms with E-state index in [0.29, 0.717) is 0 Å². The number of aromatic nitrogens is 12. The average Bonchev–Trinajstić information content (AvgIpc) is 0.901. The zero-order chi connectivity index (χ0) is 73.6. The number of nitrogens with zero attached hydrogens (tertiary/aromatic N) is 12. The highest BCUT2D eigenvalue weighted by Crippen LogP contribution is 2.23. The van der Waals surface area contributed by atoms with Crippen LogP contribution in [0.25, 0.3) is 68.3 Å². The zero-order valence-electron chi connectivity index (χ0n) is 62.7. The fraction of sp³-hybridized carbons (Fsp3) is 0.318. The Labute approximate surface area is 627 Å². The molecule has 0 aliphatic rings. The average molecular weight is 1410 g/mol. The number of pyridine rings is 12. The van der Waals surface area contributed by atoms with Crippen LogP contribution in [0.2, 0.25) is 0 Å². The van der Waals surface area contributed by atoms with Gasteiger partial charge in [-0.1, -0.05) is 12.8 Å². The molecule has 0 bridgehead atoms. The van der Waals surface area contributed by atoms with E-state index in [-0.39, 0.29) is 0 Å². The van der Waals surface area contributed by atoms with Gasteiger partial charge in [0.25, 0.3) is 0 Å². The van der Waals surface area contributed by atoms with E-state index in [0.717, 1.165) is 173 Å². The first-order valence-electron chi connectivity index (χ1n) is 37.5. The van der Waals surface area contributed by atoms with Crippen LogP contribution in [0.1, 0.15) is 125 Å². The predicted molar refractivity (Wildman–Crippen MR) is 430 cm³/mol. The summed E-state index contributed by atoms with van der Waals surface area (Å²) in [5.41, 5.74) is 25.8. The Balaban J connectivity index is 0.000000171. The van der Waals surface area contributed by atoms with Crippen molar-refractivity contribution in [3.8, 4) is 68.3 Å². The highest BCUT2D eigenvalue weighted by atomic mass is 14.9. The van der Waals surface area contributed by atoms with Gasteiger partial charge in [-0.3, -0.25) is 59.8 Å². The van der Waals surface area contributed by atoms with Gasteiger partial charge in [-0.05, 0) is 351 Å². The molecule has 6 N–H and O–H groups in total. The molecule has 12 heterocycles. The summed E-state index contributed by atoms with van der Waals surface area (Å²) < 4.78 is 0. The van der Waals surface area contributed by atoms with Crippen molar-refractivity contribution in [3.63, 3.8) is 0 Å². The van der Waals surface area contributed by atoms with Crippen LogP contribution in [0, 0.1) is 41.5 Å². The Kier molecular flexibility index (Phi) is 32.3. The van der Waals surface area contributed by atoms with Crippen LogP contribution in [0.3, 0.4) is 0 Å². The maximum atomic E-state index is 4.50. The molecule has 12 aromatic heterocycles. The Morgan fingerprint density at radius 3 is 0.594 bits per heavy atom. The van der Waals surface area contributed by atoms with Crippen LogP contribution >= 0.6 is 0 Å². The van der Waals surface area contributed by atoms with Crippen LogP contribution in [-0.2, 0) is 39.1 Å². The molecule has 12 rings (SSSR count). The smallest absolute Gasteiger partial charge is 0.0889 e. The fourth-order valence-corrected chi connectivity index (χ4v) is 12.0. The first kappa shape index (κ1) is 78.2. The van der Waals surface area contributed by atoms with Gasteiger partial charge in [0.2, 0.25) is 0 Å². The lowest BCUT2D eigenvalue weighted by Gasteiger charge is -2.09. The van der Waals surface area contributed by atoms with Crippen molar-refractivity contribution in [1.29, 1.82) is 0 Å². The van der Waals surface area contributed by atoms with E-state index in [2.05, 4.69) is 242 Å². The molecule has 546 valence electrons. The number of nitrogens with one attached hydrogen (secondary N) is 6. The van der Waals surface area contributed by atoms with Gasteiger partial charge in [-0.2, -0.15) is 0 Å². The van der Waals surface area contributed by atoms with Crippen LogP contribution < -0.4 is 31.9 Å². The first-order chi connectivity index (χ1) is 52.0. The van der Waals surface area contributed by atoms with Crippen molar-refractivity contribution in [2.45, 2.75) is 138 Å². The Morgan fingerprint density at radius 2 is 0.358 bits per heavy atom. The van der Waals surface area contributed by atoms with E-state index >= 15 is 0 Å². The number of unbranched alkanes of at least 4 members (excludes halogenated alkanes) is 5. The molecular weight excluding hydrogens is 1310 g/mol. The summed E-state index contributed by atoms with van der Waals surface area (Å²) in [4.78, 5) is 53.5. The SMILES string of the molecule is Cc1ccnc(-c2cc(CCCCNCCCCCNCc3ccnc(-c4cc(C)ccn4)c3)ccn2)c1.Cc1ccnc(-c2cc(CNCCCCCNCc3ccnc(-c4cc(C)ccn4)c3)ccn2)c1.Cc1ccnc(-c2cc(CNCCCNCc3ccnc(-c4cc(C)ccn4)c3)ccn2)c1. The lowest BCUT2D eigenvalue weighted by Crippen LogP contribution is -2.21. The molecule has 0 saturated carbocycles. The topological polar surface area (TPSA) is 227 Å². The van der Waals surface area contributed by atoms with Crippen LogP contribution in [0.4, 0.5) is 0 Å². The minimum atomic E-state index is 0.818. The molecule has 0 unspecified atom stereocenters. The van der Waals surface area contributed by atoms with E-state index in [1.54, 1.807) is 0 Å². The van der Waals surface area contributed by atoms with Gasteiger partial charge in [-0.25, -0.2) is 0 Å². The fourth-order valence-electron chi connectivity index (χ4n) is 12.0. The second-order valence-corrected chi connectivity index (χ2v) is 27.2. The lowest BCUT2D eigenvalue weighted by atomic mass is 10.1. The molecule has 0 fully saturated rings. The molecule has 0 aromatic carbocycles. The van der Waals surface area contributed by atoms with Gasteiger partial charge in [0.15, 0.2) is 0 Å². The molecule has 0 atom stereocenters. The Morgan fingerprint density at radius 1 is 0.179 bits per heavy atom. The minimum absolute atomic E-state index is 0.818. The maximum absolute atomic E-state index is 4.50. The predicted octanol–water partition coefficient (Wildman–Crippen LogP) is 15.8. The van der Waals surface area contributed by atoms with Crippen molar-refractivity contribution in [1.82, 2.24) is 91.7 Å². The van der Waals surface area contributed by atoms with Gasteiger partial charge in [0.1, 0.15) is 0 Å². The zero-order valence-corrected chi connectivity index (χ0v) is 62.7. The molecule has 18 heteroatoms. The molecule has 0 aliphatic heterocycles. The quantitative estimate of drug-likeness (QED) is 0.0199. The van der Waals surface area contributed by atoms with E-state index in [4.69, 9.17) is 0 Å². The molecule has 0 radical (unpaired) electrons. The summed E-state index contributed by atoms with van der Waals surface area (Å²) in [6.45, 7) is 23.8. The standard InChI is InChI=1S/C32H40N6.C29H34N6.C27H30N6/c1-25-9-16-35-29(20-25)31-22-27(11-18-37-31)8-4-7-14-33-13-5-3-6-15-34-24-28-12-19-38-32(23-28)30-21-26(2)10-17-36-30;1-22-6-12-32-26(16-22)28-18-24(8-14-34-28)20-30-10-4-3-5-11-31-21-25-9-15-35-29(19-25)27-17-23(2)7-13-33-27;1-20-4-10-30-24(14-20)26-16-22(6-12-32-26)18-28-8-3-9-29-19-23-7-13-33-27(17-23)25-15-21(2)5-11-31-25/h9-12,16-23,33-34H,3-8,13-15,24H2,1-2H3;6-9,12-19,30-31H,3-5,10-11,20-21H2,1-2H3;4-7,10-17,28-29H,3,8-9,18-19H2,1-2H3. The van der Waals surface area contributed by atoms with E-state index in [9.17, 15) is 0 Å². The minimum Gasteiger partial charge on any atom is -0.317 e. The molecule has 18 nitrogen and oxygen atoms in total. The second-order valence-electron chi connectivity index (χ2n) is 27.2. The molecule has 0 amide bonds. The van der Waals surface area contributed by atoms with Gasteiger partial charge in [-0.15, -0.1) is 0 Å². The third kappa shape index (κ3) is 27.6. The van der Waals surface area contributed by atoms with Crippen molar-refractivity contribution >= 4 is 0 Å². The number of hydrogen-bond donors (Lipinski definition) is 6. The van der Waals surface area contributed by atoms with Crippen molar-refractivity contribution in [2.24, 2.45) is 0 Å². The van der Waals surface area contributed by atoms with Crippen molar-refractivity contribution < 1.29 is 0 Å². The maximum Gasteiger partial charge on any atom is 0.0889 e. The van der Waals surface area contributed by atoms with Gasteiger partial charge in [0.05, 0.1) is 68.3 Å². The normalized spacial score (nSPS) is 11.0. The summed E-state index contributed by atoms with van der Waals surface area (Å²) in [5, 5.41) is 21.3. The Bertz CT molecular complexity index is 4310. The molecule has 106 heavy (non-hydrogen) atoms. The van der Waals surface area contributed by atoms with Gasteiger partial charge < -0.3 is 31.9 Å². The summed E-state index contributed by atoms with van der Waals surface area (Å²) in [7, 11) is 0. The highest BCUT2D eigenvalue weighted by molar-refractivity contribution is 5.60. The summed E-state index contributed by atoms with van der Waals surface area (Å²) in [6.07, 6.45) is 33.9.